The highest BCUT2D eigenvalue weighted by molar-refractivity contribution is 5.88. The molecule has 16 heavy (non-hydrogen) atoms. The zero-order valence-corrected chi connectivity index (χ0v) is 9.43. The second kappa shape index (κ2) is 4.79. The minimum Gasteiger partial charge on any atom is -0.494 e. The van der Waals surface area contributed by atoms with Crippen LogP contribution in [-0.4, -0.2) is 23.4 Å². The zero-order chi connectivity index (χ0) is 11.4. The summed E-state index contributed by atoms with van der Waals surface area (Å²) in [7, 11) is 0. The van der Waals surface area contributed by atoms with Gasteiger partial charge in [0, 0.05) is 16.8 Å². The van der Waals surface area contributed by atoms with Crippen molar-refractivity contribution in [1.82, 2.24) is 10.2 Å². The van der Waals surface area contributed by atoms with Crippen molar-refractivity contribution < 1.29 is 9.47 Å². The second-order valence-electron chi connectivity index (χ2n) is 3.28. The number of hydrogen-bond donors (Lipinski definition) is 0. The fourth-order valence-electron chi connectivity index (χ4n) is 1.58. The van der Waals surface area contributed by atoms with Gasteiger partial charge in [-0.05, 0) is 19.9 Å². The molecule has 0 unspecified atom stereocenters. The predicted molar refractivity (Wildman–Crippen MR) is 61.9 cm³/mol. The Balaban J connectivity index is 2.54. The molecule has 0 aliphatic carbocycles. The number of ether oxygens (including phenoxy) is 2. The van der Waals surface area contributed by atoms with Crippen LogP contribution in [0.25, 0.3) is 10.8 Å². The smallest absolute Gasteiger partial charge is 0.132 e. The monoisotopic (exact) mass is 218 g/mol. The lowest BCUT2D eigenvalue weighted by Crippen LogP contribution is -1.96. The summed E-state index contributed by atoms with van der Waals surface area (Å²) in [4.78, 5) is 0. The van der Waals surface area contributed by atoms with Gasteiger partial charge in [-0.1, -0.05) is 0 Å². The Morgan fingerprint density at radius 3 is 2.50 bits per heavy atom. The van der Waals surface area contributed by atoms with E-state index in [0.717, 1.165) is 22.3 Å². The van der Waals surface area contributed by atoms with Crippen LogP contribution in [0, 0.1) is 0 Å². The lowest BCUT2D eigenvalue weighted by Gasteiger charge is -2.10. The molecule has 0 saturated carbocycles. The van der Waals surface area contributed by atoms with Gasteiger partial charge >= 0.3 is 0 Å². The molecule has 0 radical (unpaired) electrons. The lowest BCUT2D eigenvalue weighted by atomic mass is 10.2. The molecule has 1 heterocycles. The minimum atomic E-state index is 0.618. The van der Waals surface area contributed by atoms with Crippen LogP contribution in [0.4, 0.5) is 0 Å². The maximum Gasteiger partial charge on any atom is 0.132 e. The van der Waals surface area contributed by atoms with E-state index in [2.05, 4.69) is 10.2 Å². The molecule has 4 heteroatoms. The molecule has 0 aliphatic rings. The van der Waals surface area contributed by atoms with E-state index in [0.29, 0.717) is 13.2 Å². The molecule has 2 rings (SSSR count). The van der Waals surface area contributed by atoms with Gasteiger partial charge in [0.05, 0.1) is 25.6 Å². The molecular formula is C12H14N2O2. The van der Waals surface area contributed by atoms with E-state index >= 15 is 0 Å². The third-order valence-corrected chi connectivity index (χ3v) is 2.21. The molecule has 0 N–H and O–H groups in total. The normalized spacial score (nSPS) is 10.4. The Morgan fingerprint density at radius 2 is 1.75 bits per heavy atom. The summed E-state index contributed by atoms with van der Waals surface area (Å²) >= 11 is 0. The molecule has 0 amide bonds. The van der Waals surface area contributed by atoms with Gasteiger partial charge in [-0.3, -0.25) is 0 Å². The van der Waals surface area contributed by atoms with Crippen molar-refractivity contribution in [2.24, 2.45) is 0 Å². The van der Waals surface area contributed by atoms with E-state index in [4.69, 9.17) is 9.47 Å². The number of benzene rings is 1. The lowest BCUT2D eigenvalue weighted by molar-refractivity contribution is 0.326. The summed E-state index contributed by atoms with van der Waals surface area (Å²) < 4.78 is 11.0. The molecule has 0 spiro atoms. The Hall–Kier alpha value is -1.84. The van der Waals surface area contributed by atoms with E-state index in [1.54, 1.807) is 12.4 Å². The minimum absolute atomic E-state index is 0.618. The SMILES string of the molecule is CCOc1cc(OCC)c2cnncc2c1. The molecule has 0 saturated heterocycles. The fraction of sp³-hybridized carbons (Fsp3) is 0.333. The van der Waals surface area contributed by atoms with Gasteiger partial charge in [-0.15, -0.1) is 0 Å². The van der Waals surface area contributed by atoms with Gasteiger partial charge < -0.3 is 9.47 Å². The van der Waals surface area contributed by atoms with Crippen LogP contribution in [0.2, 0.25) is 0 Å². The highest BCUT2D eigenvalue weighted by atomic mass is 16.5. The summed E-state index contributed by atoms with van der Waals surface area (Å²) in [6, 6.07) is 3.83. The third kappa shape index (κ3) is 2.05. The summed E-state index contributed by atoms with van der Waals surface area (Å²) in [5.41, 5.74) is 0. The van der Waals surface area contributed by atoms with Crippen LogP contribution in [0.5, 0.6) is 11.5 Å². The summed E-state index contributed by atoms with van der Waals surface area (Å²) in [5, 5.41) is 9.65. The fourth-order valence-corrected chi connectivity index (χ4v) is 1.58. The molecule has 0 atom stereocenters. The molecule has 2 aromatic rings. The van der Waals surface area contributed by atoms with Crippen LogP contribution in [0.15, 0.2) is 24.5 Å². The highest BCUT2D eigenvalue weighted by Crippen LogP contribution is 2.30. The highest BCUT2D eigenvalue weighted by Gasteiger charge is 2.06. The van der Waals surface area contributed by atoms with Crippen LogP contribution in [-0.2, 0) is 0 Å². The van der Waals surface area contributed by atoms with Crippen LogP contribution < -0.4 is 9.47 Å². The van der Waals surface area contributed by atoms with Crippen molar-refractivity contribution in [2.75, 3.05) is 13.2 Å². The molecule has 0 bridgehead atoms. The van der Waals surface area contributed by atoms with E-state index in [-0.39, 0.29) is 0 Å². The zero-order valence-electron chi connectivity index (χ0n) is 9.43. The largest absolute Gasteiger partial charge is 0.494 e. The van der Waals surface area contributed by atoms with Crippen LogP contribution in [0.3, 0.4) is 0 Å². The Kier molecular flexibility index (Phi) is 3.19. The Bertz CT molecular complexity index is 485. The summed E-state index contributed by atoms with van der Waals surface area (Å²) in [5.74, 6) is 1.59. The van der Waals surface area contributed by atoms with Crippen molar-refractivity contribution in [2.45, 2.75) is 13.8 Å². The summed E-state index contributed by atoms with van der Waals surface area (Å²) in [6.07, 6.45) is 3.41. The average Bonchev–Trinajstić information content (AvgIpc) is 2.30. The molecule has 0 aliphatic heterocycles. The quantitative estimate of drug-likeness (QED) is 0.790. The molecule has 0 fully saturated rings. The number of aromatic nitrogens is 2. The molecule has 1 aromatic carbocycles. The maximum atomic E-state index is 5.56. The van der Waals surface area contributed by atoms with Gasteiger partial charge in [0.15, 0.2) is 0 Å². The number of fused-ring (bicyclic) bond motifs is 1. The van der Waals surface area contributed by atoms with E-state index < -0.39 is 0 Å². The third-order valence-electron chi connectivity index (χ3n) is 2.21. The Morgan fingerprint density at radius 1 is 1.00 bits per heavy atom. The second-order valence-corrected chi connectivity index (χ2v) is 3.28. The van der Waals surface area contributed by atoms with Crippen molar-refractivity contribution in [1.29, 1.82) is 0 Å². The maximum absolute atomic E-state index is 5.56. The predicted octanol–water partition coefficient (Wildman–Crippen LogP) is 2.43. The standard InChI is InChI=1S/C12H14N2O2/c1-3-15-10-5-9-7-13-14-8-11(9)12(6-10)16-4-2/h5-8H,3-4H2,1-2H3. The molecule has 84 valence electrons. The molecule has 4 nitrogen and oxygen atoms in total. The van der Waals surface area contributed by atoms with Gasteiger partial charge in [0.1, 0.15) is 11.5 Å². The summed E-state index contributed by atoms with van der Waals surface area (Å²) in [6.45, 7) is 5.16. The first-order valence-electron chi connectivity index (χ1n) is 5.35. The van der Waals surface area contributed by atoms with Gasteiger partial charge in [0.2, 0.25) is 0 Å². The number of hydrogen-bond acceptors (Lipinski definition) is 4. The first-order chi connectivity index (χ1) is 7.85. The number of nitrogens with zero attached hydrogens (tertiary/aromatic N) is 2. The molecular weight excluding hydrogens is 204 g/mol. The van der Waals surface area contributed by atoms with Crippen molar-refractivity contribution in [3.05, 3.63) is 24.5 Å². The first-order valence-corrected chi connectivity index (χ1v) is 5.35. The Labute approximate surface area is 94.2 Å². The van der Waals surface area contributed by atoms with Crippen molar-refractivity contribution in [3.63, 3.8) is 0 Å². The van der Waals surface area contributed by atoms with Crippen LogP contribution in [0.1, 0.15) is 13.8 Å². The van der Waals surface area contributed by atoms with Crippen LogP contribution >= 0.6 is 0 Å². The van der Waals surface area contributed by atoms with Gasteiger partial charge in [-0.25, -0.2) is 0 Å². The van der Waals surface area contributed by atoms with Crippen molar-refractivity contribution in [3.8, 4) is 11.5 Å². The van der Waals surface area contributed by atoms with E-state index in [1.165, 1.54) is 0 Å². The first kappa shape index (κ1) is 10.7. The molecule has 1 aromatic heterocycles. The number of rotatable bonds is 4. The average molecular weight is 218 g/mol. The topological polar surface area (TPSA) is 44.2 Å². The van der Waals surface area contributed by atoms with E-state index in [1.807, 2.05) is 26.0 Å². The van der Waals surface area contributed by atoms with Crippen molar-refractivity contribution >= 4 is 10.8 Å². The van der Waals surface area contributed by atoms with Gasteiger partial charge in [0.25, 0.3) is 0 Å². The van der Waals surface area contributed by atoms with E-state index in [9.17, 15) is 0 Å². The van der Waals surface area contributed by atoms with Gasteiger partial charge in [-0.2, -0.15) is 10.2 Å².